The number of hydrogen-bond acceptors (Lipinski definition) is 4. The highest BCUT2D eigenvalue weighted by atomic mass is 15.5. The topological polar surface area (TPSA) is 60.0 Å². The number of anilines is 1. The molecule has 98 valence electrons. The number of aromatic nitrogens is 3. The molecule has 0 saturated carbocycles. The number of hydrogen-bond donors (Lipinski definition) is 1. The van der Waals surface area contributed by atoms with Gasteiger partial charge in [-0.3, -0.25) is 0 Å². The molecule has 0 amide bonds. The van der Waals surface area contributed by atoms with Crippen LogP contribution in [0.3, 0.4) is 0 Å². The highest BCUT2D eigenvalue weighted by Gasteiger charge is 2.22. The highest BCUT2D eigenvalue weighted by molar-refractivity contribution is 5.36. The summed E-state index contributed by atoms with van der Waals surface area (Å²) >= 11 is 0. The van der Waals surface area contributed by atoms with Gasteiger partial charge >= 0.3 is 0 Å². The van der Waals surface area contributed by atoms with Gasteiger partial charge in [0.2, 0.25) is 0 Å². The molecule has 1 aromatic rings. The highest BCUT2D eigenvalue weighted by Crippen LogP contribution is 2.20. The fraction of sp³-hybridized carbons (Fsp3) is 0.833. The predicted octanol–water partition coefficient (Wildman–Crippen LogP) is 1.50. The number of rotatable bonds is 7. The van der Waals surface area contributed by atoms with Gasteiger partial charge in [-0.25, -0.2) is 4.68 Å². The Hall–Kier alpha value is -1.10. The van der Waals surface area contributed by atoms with E-state index in [1.807, 2.05) is 10.9 Å². The van der Waals surface area contributed by atoms with Crippen molar-refractivity contribution < 1.29 is 0 Å². The molecule has 1 aromatic heterocycles. The standard InChI is InChI=1S/C12H25N5/c1-5-7-16(10-12(3,4)9-13)11-8-14-15-17(11)6-2/h8H,5-7,9-10,13H2,1-4H3. The molecule has 0 saturated heterocycles. The van der Waals surface area contributed by atoms with Gasteiger partial charge in [0.05, 0.1) is 6.20 Å². The Balaban J connectivity index is 2.85. The summed E-state index contributed by atoms with van der Waals surface area (Å²) in [5.41, 5.74) is 5.92. The minimum atomic E-state index is 0.109. The van der Waals surface area contributed by atoms with Crippen molar-refractivity contribution in [2.24, 2.45) is 11.1 Å². The molecule has 0 radical (unpaired) electrons. The monoisotopic (exact) mass is 239 g/mol. The predicted molar refractivity (Wildman–Crippen MR) is 71.0 cm³/mol. The van der Waals surface area contributed by atoms with E-state index in [0.29, 0.717) is 6.54 Å². The van der Waals surface area contributed by atoms with E-state index in [4.69, 9.17) is 5.73 Å². The van der Waals surface area contributed by atoms with Crippen molar-refractivity contribution in [1.82, 2.24) is 15.0 Å². The van der Waals surface area contributed by atoms with Gasteiger partial charge in [0.15, 0.2) is 0 Å². The van der Waals surface area contributed by atoms with Crippen molar-refractivity contribution in [2.45, 2.75) is 40.7 Å². The molecule has 5 heteroatoms. The summed E-state index contributed by atoms with van der Waals surface area (Å²) in [4.78, 5) is 2.33. The van der Waals surface area contributed by atoms with Crippen LogP contribution in [0, 0.1) is 5.41 Å². The zero-order valence-corrected chi connectivity index (χ0v) is 11.5. The zero-order valence-electron chi connectivity index (χ0n) is 11.5. The molecule has 0 atom stereocenters. The SMILES string of the molecule is CCCN(CC(C)(C)CN)c1cnnn1CC. The summed E-state index contributed by atoms with van der Waals surface area (Å²) in [5.74, 6) is 1.09. The number of nitrogens with two attached hydrogens (primary N) is 1. The van der Waals surface area contributed by atoms with Crippen LogP contribution >= 0.6 is 0 Å². The third kappa shape index (κ3) is 3.70. The van der Waals surface area contributed by atoms with Crippen LogP contribution in [0.2, 0.25) is 0 Å². The first-order valence-corrected chi connectivity index (χ1v) is 6.37. The zero-order chi connectivity index (χ0) is 12.9. The molecular weight excluding hydrogens is 214 g/mol. The van der Waals surface area contributed by atoms with Crippen LogP contribution < -0.4 is 10.6 Å². The normalized spacial score (nSPS) is 11.8. The van der Waals surface area contributed by atoms with Gasteiger partial charge in [-0.1, -0.05) is 26.0 Å². The summed E-state index contributed by atoms with van der Waals surface area (Å²) in [6, 6.07) is 0. The maximum Gasteiger partial charge on any atom is 0.147 e. The molecular formula is C12H25N5. The van der Waals surface area contributed by atoms with Crippen molar-refractivity contribution in [1.29, 1.82) is 0 Å². The first-order chi connectivity index (χ1) is 8.04. The largest absolute Gasteiger partial charge is 0.355 e. The second-order valence-corrected chi connectivity index (χ2v) is 5.20. The van der Waals surface area contributed by atoms with E-state index in [-0.39, 0.29) is 5.41 Å². The first kappa shape index (κ1) is 14.0. The second kappa shape index (κ2) is 6.00. The van der Waals surface area contributed by atoms with Crippen molar-refractivity contribution in [3.63, 3.8) is 0 Å². The van der Waals surface area contributed by atoms with Gasteiger partial charge in [0.25, 0.3) is 0 Å². The number of aryl methyl sites for hydroxylation is 1. The Kier molecular flexibility index (Phi) is 4.93. The quantitative estimate of drug-likeness (QED) is 0.783. The Morgan fingerprint density at radius 1 is 1.41 bits per heavy atom. The van der Waals surface area contributed by atoms with Crippen LogP contribution in [0.4, 0.5) is 5.82 Å². The van der Waals surface area contributed by atoms with Crippen LogP contribution in [0.25, 0.3) is 0 Å². The van der Waals surface area contributed by atoms with Gasteiger partial charge in [0.1, 0.15) is 5.82 Å². The lowest BCUT2D eigenvalue weighted by molar-refractivity contribution is 0.374. The molecule has 0 aliphatic rings. The molecule has 0 aromatic carbocycles. The van der Waals surface area contributed by atoms with Crippen molar-refractivity contribution in [2.75, 3.05) is 24.5 Å². The van der Waals surface area contributed by atoms with Gasteiger partial charge in [-0.05, 0) is 25.3 Å². The van der Waals surface area contributed by atoms with Crippen LogP contribution in [-0.2, 0) is 6.54 Å². The third-order valence-electron chi connectivity index (χ3n) is 2.89. The van der Waals surface area contributed by atoms with Gasteiger partial charge in [0, 0.05) is 19.6 Å². The smallest absolute Gasteiger partial charge is 0.147 e. The summed E-state index contributed by atoms with van der Waals surface area (Å²) in [6.07, 6.45) is 2.95. The van der Waals surface area contributed by atoms with Gasteiger partial charge in [-0.15, -0.1) is 5.10 Å². The lowest BCUT2D eigenvalue weighted by atomic mass is 9.93. The molecule has 0 aliphatic carbocycles. The van der Waals surface area contributed by atoms with E-state index in [9.17, 15) is 0 Å². The molecule has 0 spiro atoms. The summed E-state index contributed by atoms with van der Waals surface area (Å²) in [6.45, 7) is 12.1. The molecule has 1 rings (SSSR count). The molecule has 17 heavy (non-hydrogen) atoms. The van der Waals surface area contributed by atoms with E-state index < -0.39 is 0 Å². The molecule has 0 bridgehead atoms. The van der Waals surface area contributed by atoms with E-state index in [1.54, 1.807) is 0 Å². The average Bonchev–Trinajstić information content (AvgIpc) is 2.76. The van der Waals surface area contributed by atoms with Crippen molar-refractivity contribution >= 4 is 5.82 Å². The maximum atomic E-state index is 5.81. The first-order valence-electron chi connectivity index (χ1n) is 6.37. The van der Waals surface area contributed by atoms with E-state index in [2.05, 4.69) is 42.9 Å². The second-order valence-electron chi connectivity index (χ2n) is 5.20. The minimum Gasteiger partial charge on any atom is -0.355 e. The van der Waals surface area contributed by atoms with Crippen molar-refractivity contribution in [3.05, 3.63) is 6.20 Å². The van der Waals surface area contributed by atoms with Crippen LogP contribution in [0.5, 0.6) is 0 Å². The van der Waals surface area contributed by atoms with Gasteiger partial charge in [-0.2, -0.15) is 0 Å². The fourth-order valence-corrected chi connectivity index (χ4v) is 1.85. The molecule has 0 fully saturated rings. The lowest BCUT2D eigenvalue weighted by Gasteiger charge is -2.32. The molecule has 0 unspecified atom stereocenters. The Morgan fingerprint density at radius 3 is 2.65 bits per heavy atom. The Morgan fingerprint density at radius 2 is 2.12 bits per heavy atom. The minimum absolute atomic E-state index is 0.109. The van der Waals surface area contributed by atoms with E-state index in [0.717, 1.165) is 31.9 Å². The lowest BCUT2D eigenvalue weighted by Crippen LogP contribution is -2.40. The maximum absolute atomic E-state index is 5.81. The van der Waals surface area contributed by atoms with Gasteiger partial charge < -0.3 is 10.6 Å². The van der Waals surface area contributed by atoms with E-state index in [1.165, 1.54) is 0 Å². The number of nitrogens with zero attached hydrogens (tertiary/aromatic N) is 4. The molecule has 5 nitrogen and oxygen atoms in total. The van der Waals surface area contributed by atoms with Crippen molar-refractivity contribution in [3.8, 4) is 0 Å². The fourth-order valence-electron chi connectivity index (χ4n) is 1.85. The van der Waals surface area contributed by atoms with E-state index >= 15 is 0 Å². The average molecular weight is 239 g/mol. The Labute approximate surface area is 104 Å². The molecule has 0 aliphatic heterocycles. The summed E-state index contributed by atoms with van der Waals surface area (Å²) in [5, 5.41) is 8.08. The molecule has 1 heterocycles. The molecule has 2 N–H and O–H groups in total. The van der Waals surface area contributed by atoms with Crippen LogP contribution in [-0.4, -0.2) is 34.6 Å². The van der Waals surface area contributed by atoms with Crippen LogP contribution in [0.15, 0.2) is 6.20 Å². The van der Waals surface area contributed by atoms with Crippen LogP contribution in [0.1, 0.15) is 34.1 Å². The third-order valence-corrected chi connectivity index (χ3v) is 2.89. The summed E-state index contributed by atoms with van der Waals surface area (Å²) < 4.78 is 1.93. The summed E-state index contributed by atoms with van der Waals surface area (Å²) in [7, 11) is 0. The Bertz CT molecular complexity index is 331.